The van der Waals surface area contributed by atoms with E-state index < -0.39 is 0 Å². The molecule has 6 heteroatoms. The number of nitrogens with one attached hydrogen (secondary N) is 1. The quantitative estimate of drug-likeness (QED) is 0.772. The molecular weight excluding hydrogens is 372 g/mol. The fourth-order valence-electron chi connectivity index (χ4n) is 5.33. The van der Waals surface area contributed by atoms with Crippen LogP contribution >= 0.6 is 11.6 Å². The van der Waals surface area contributed by atoms with Crippen molar-refractivity contribution in [1.82, 2.24) is 15.1 Å². The molecule has 1 N–H and O–H groups in total. The van der Waals surface area contributed by atoms with Crippen molar-refractivity contribution < 1.29 is 4.74 Å². The van der Waals surface area contributed by atoms with Crippen LogP contribution in [0.4, 0.5) is 5.82 Å². The number of aromatic nitrogens is 2. The number of piperidine rings is 2. The number of benzene rings is 1. The molecule has 2 atom stereocenters. The Balaban J connectivity index is 1.53. The fourth-order valence-corrected chi connectivity index (χ4v) is 5.43. The van der Waals surface area contributed by atoms with E-state index in [1.165, 1.54) is 24.8 Å². The Morgan fingerprint density at radius 1 is 1.07 bits per heavy atom. The number of fused-ring (bicyclic) bond motifs is 2. The predicted octanol–water partition coefficient (Wildman–Crippen LogP) is 4.92. The molecule has 2 unspecified atom stereocenters. The van der Waals surface area contributed by atoms with Gasteiger partial charge in [0.05, 0.1) is 7.11 Å². The van der Waals surface area contributed by atoms with Crippen molar-refractivity contribution in [2.24, 2.45) is 0 Å². The maximum absolute atomic E-state index is 5.88. The van der Waals surface area contributed by atoms with Crippen LogP contribution in [0.15, 0.2) is 36.4 Å². The normalized spacial score (nSPS) is 30.1. The lowest BCUT2D eigenvalue weighted by Gasteiger charge is -2.61. The molecule has 2 saturated heterocycles. The molecule has 2 fully saturated rings. The maximum atomic E-state index is 5.88. The summed E-state index contributed by atoms with van der Waals surface area (Å²) in [5.74, 6) is 1.72. The first-order valence-electron chi connectivity index (χ1n) is 10.1. The van der Waals surface area contributed by atoms with E-state index in [0.717, 1.165) is 31.0 Å². The second-order valence-electron chi connectivity index (χ2n) is 8.77. The smallest absolute Gasteiger partial charge is 0.151 e. The molecule has 28 heavy (non-hydrogen) atoms. The van der Waals surface area contributed by atoms with Gasteiger partial charge in [0.15, 0.2) is 5.15 Å². The number of ether oxygens (including phenoxy) is 1. The Bertz CT molecular complexity index is 792. The summed E-state index contributed by atoms with van der Waals surface area (Å²) >= 11 is 5.88. The van der Waals surface area contributed by atoms with Gasteiger partial charge in [0.1, 0.15) is 11.6 Å². The Hall–Kier alpha value is -1.85. The standard InChI is InChI=1S/C22H29ClN4O/c1-21-11-4-12-22(2,27(21)15-16-5-7-18(28-3)8-6-16)14-17(13-21)24-20-10-9-19(23)25-26-20/h5-10,17H,4,11-15H2,1-3H3,(H,24,26). The zero-order chi connectivity index (χ0) is 19.8. The molecule has 150 valence electrons. The van der Waals surface area contributed by atoms with Gasteiger partial charge >= 0.3 is 0 Å². The average Bonchev–Trinajstić information content (AvgIpc) is 2.66. The van der Waals surface area contributed by atoms with Crippen molar-refractivity contribution in [2.75, 3.05) is 12.4 Å². The molecule has 4 rings (SSSR count). The average molecular weight is 401 g/mol. The highest BCUT2D eigenvalue weighted by Gasteiger charge is 2.52. The molecule has 2 aliphatic rings. The molecule has 2 aromatic rings. The van der Waals surface area contributed by atoms with Gasteiger partial charge in [-0.3, -0.25) is 4.90 Å². The number of methoxy groups -OCH3 is 1. The van der Waals surface area contributed by atoms with Crippen LogP contribution < -0.4 is 10.1 Å². The van der Waals surface area contributed by atoms with Crippen LogP contribution in [0.25, 0.3) is 0 Å². The van der Waals surface area contributed by atoms with E-state index in [0.29, 0.717) is 11.2 Å². The molecule has 0 aliphatic carbocycles. The maximum Gasteiger partial charge on any atom is 0.151 e. The van der Waals surface area contributed by atoms with Gasteiger partial charge in [-0.1, -0.05) is 23.7 Å². The molecule has 0 saturated carbocycles. The first kappa shape index (κ1) is 19.5. The number of hydrogen-bond donors (Lipinski definition) is 1. The SMILES string of the molecule is COc1ccc(CN2C3(C)CCCC2(C)CC(Nc2ccc(Cl)nn2)C3)cc1. The lowest BCUT2D eigenvalue weighted by molar-refractivity contribution is -0.0947. The highest BCUT2D eigenvalue weighted by atomic mass is 35.5. The summed E-state index contributed by atoms with van der Waals surface area (Å²) in [7, 11) is 1.71. The molecule has 0 radical (unpaired) electrons. The van der Waals surface area contributed by atoms with Crippen LogP contribution in [0.1, 0.15) is 51.5 Å². The van der Waals surface area contributed by atoms with E-state index >= 15 is 0 Å². The molecule has 2 aliphatic heterocycles. The van der Waals surface area contributed by atoms with Gasteiger partial charge in [-0.05, 0) is 75.8 Å². The van der Waals surface area contributed by atoms with Crippen LogP contribution in [0.3, 0.4) is 0 Å². The Labute approximate surface area is 172 Å². The van der Waals surface area contributed by atoms with Crippen molar-refractivity contribution in [3.05, 3.63) is 47.1 Å². The summed E-state index contributed by atoms with van der Waals surface area (Å²) in [6.45, 7) is 5.83. The van der Waals surface area contributed by atoms with Gasteiger partial charge in [-0.2, -0.15) is 0 Å². The van der Waals surface area contributed by atoms with Crippen molar-refractivity contribution in [1.29, 1.82) is 0 Å². The molecular formula is C22H29ClN4O. The number of rotatable bonds is 5. The summed E-state index contributed by atoms with van der Waals surface area (Å²) in [5, 5.41) is 12.2. The first-order valence-corrected chi connectivity index (χ1v) is 10.4. The summed E-state index contributed by atoms with van der Waals surface area (Å²) in [6, 6.07) is 12.6. The monoisotopic (exact) mass is 400 g/mol. The molecule has 2 bridgehead atoms. The van der Waals surface area contributed by atoms with E-state index in [-0.39, 0.29) is 11.1 Å². The zero-order valence-corrected chi connectivity index (χ0v) is 17.7. The van der Waals surface area contributed by atoms with Crippen LogP contribution in [0, 0.1) is 0 Å². The van der Waals surface area contributed by atoms with Crippen molar-refractivity contribution >= 4 is 17.4 Å². The van der Waals surface area contributed by atoms with Crippen LogP contribution in [-0.2, 0) is 6.54 Å². The van der Waals surface area contributed by atoms with Crippen LogP contribution in [-0.4, -0.2) is 39.3 Å². The van der Waals surface area contributed by atoms with E-state index in [2.05, 4.69) is 58.5 Å². The van der Waals surface area contributed by atoms with E-state index in [9.17, 15) is 0 Å². The fraction of sp³-hybridized carbons (Fsp3) is 0.545. The Morgan fingerprint density at radius 3 is 2.32 bits per heavy atom. The number of hydrogen-bond acceptors (Lipinski definition) is 5. The third-order valence-electron chi connectivity index (χ3n) is 6.59. The second kappa shape index (κ2) is 7.53. The third kappa shape index (κ3) is 3.83. The first-order chi connectivity index (χ1) is 13.4. The van der Waals surface area contributed by atoms with E-state index in [4.69, 9.17) is 16.3 Å². The molecule has 1 aromatic heterocycles. The predicted molar refractivity (Wildman–Crippen MR) is 113 cm³/mol. The minimum Gasteiger partial charge on any atom is -0.497 e. The lowest BCUT2D eigenvalue weighted by atomic mass is 9.67. The van der Waals surface area contributed by atoms with Crippen molar-refractivity contribution in [3.63, 3.8) is 0 Å². The van der Waals surface area contributed by atoms with Gasteiger partial charge in [0.25, 0.3) is 0 Å². The highest BCUT2D eigenvalue weighted by Crippen LogP contribution is 2.49. The molecule has 0 amide bonds. The van der Waals surface area contributed by atoms with Gasteiger partial charge in [-0.25, -0.2) is 0 Å². The second-order valence-corrected chi connectivity index (χ2v) is 9.16. The lowest BCUT2D eigenvalue weighted by Crippen LogP contribution is -2.67. The number of halogens is 1. The highest BCUT2D eigenvalue weighted by molar-refractivity contribution is 6.29. The molecule has 0 spiro atoms. The molecule has 5 nitrogen and oxygen atoms in total. The van der Waals surface area contributed by atoms with Gasteiger partial charge in [0, 0.05) is 23.7 Å². The summed E-state index contributed by atoms with van der Waals surface area (Å²) in [4.78, 5) is 2.75. The molecule has 3 heterocycles. The summed E-state index contributed by atoms with van der Waals surface area (Å²) < 4.78 is 5.31. The largest absolute Gasteiger partial charge is 0.497 e. The van der Waals surface area contributed by atoms with Gasteiger partial charge < -0.3 is 10.1 Å². The van der Waals surface area contributed by atoms with Gasteiger partial charge in [0.2, 0.25) is 0 Å². The minimum absolute atomic E-state index is 0.169. The molecule has 1 aromatic carbocycles. The minimum atomic E-state index is 0.169. The number of nitrogens with zero attached hydrogens (tertiary/aromatic N) is 3. The van der Waals surface area contributed by atoms with Crippen LogP contribution in [0.5, 0.6) is 5.75 Å². The van der Waals surface area contributed by atoms with Crippen molar-refractivity contribution in [2.45, 2.75) is 69.6 Å². The summed E-state index contributed by atoms with van der Waals surface area (Å²) in [5.41, 5.74) is 1.68. The van der Waals surface area contributed by atoms with E-state index in [1.807, 2.05) is 6.07 Å². The van der Waals surface area contributed by atoms with Crippen molar-refractivity contribution in [3.8, 4) is 5.75 Å². The van der Waals surface area contributed by atoms with Gasteiger partial charge in [-0.15, -0.1) is 10.2 Å². The summed E-state index contributed by atoms with van der Waals surface area (Å²) in [6.07, 6.45) is 5.94. The topological polar surface area (TPSA) is 50.3 Å². The Kier molecular flexibility index (Phi) is 5.23. The zero-order valence-electron chi connectivity index (χ0n) is 16.9. The Morgan fingerprint density at radius 2 is 1.75 bits per heavy atom. The van der Waals surface area contributed by atoms with E-state index in [1.54, 1.807) is 13.2 Å². The van der Waals surface area contributed by atoms with Crippen LogP contribution in [0.2, 0.25) is 5.15 Å². The third-order valence-corrected chi connectivity index (χ3v) is 6.79. The number of anilines is 1.